The molecule has 1 radical (unpaired) electrons. The highest BCUT2D eigenvalue weighted by atomic mass is 32.1. The minimum Gasteiger partial charge on any atom is -0.0834 e. The lowest BCUT2D eigenvalue weighted by molar-refractivity contribution is 0.533. The van der Waals surface area contributed by atoms with Crippen molar-refractivity contribution in [3.8, 4) is 0 Å². The van der Waals surface area contributed by atoms with Crippen molar-refractivity contribution in [3.63, 3.8) is 0 Å². The number of rotatable bonds is 13. The minimum atomic E-state index is 0.517. The average molecular weight is 255 g/mol. The summed E-state index contributed by atoms with van der Waals surface area (Å²) < 4.78 is 0. The summed E-state index contributed by atoms with van der Waals surface area (Å²) in [6.07, 6.45) is 16.8. The Balaban J connectivity index is 2.96. The molecule has 0 saturated heterocycles. The van der Waals surface area contributed by atoms with Gasteiger partial charge < -0.3 is 0 Å². The summed E-state index contributed by atoms with van der Waals surface area (Å²) >= 11 is 4.80. The number of hydrogen-bond donors (Lipinski definition) is 0. The van der Waals surface area contributed by atoms with E-state index in [4.69, 9.17) is 12.2 Å². The summed E-state index contributed by atoms with van der Waals surface area (Å²) in [5.74, 6) is 0.517. The van der Waals surface area contributed by atoms with Gasteiger partial charge in [-0.05, 0) is 12.3 Å². The van der Waals surface area contributed by atoms with Gasteiger partial charge in [0, 0.05) is 5.37 Å². The smallest absolute Gasteiger partial charge is 0.0322 e. The first-order valence-electron chi connectivity index (χ1n) is 7.69. The highest BCUT2D eigenvalue weighted by molar-refractivity contribution is 7.79. The van der Waals surface area contributed by atoms with Crippen molar-refractivity contribution >= 4 is 17.6 Å². The van der Waals surface area contributed by atoms with Gasteiger partial charge in [0.05, 0.1) is 0 Å². The van der Waals surface area contributed by atoms with Gasteiger partial charge in [-0.1, -0.05) is 96.7 Å². The first-order chi connectivity index (χ1) is 8.31. The largest absolute Gasteiger partial charge is 0.0834 e. The number of unbranched alkanes of at least 4 members (excludes halogenated alkanes) is 10. The van der Waals surface area contributed by atoms with Gasteiger partial charge in [-0.25, -0.2) is 0 Å². The predicted molar refractivity (Wildman–Crippen MR) is 82.8 cm³/mol. The Kier molecular flexibility index (Phi) is 14.2. The SMILES string of the molecule is CCCCCCCCCCCCCC(C)[C]=S. The maximum Gasteiger partial charge on any atom is 0.0322 e. The summed E-state index contributed by atoms with van der Waals surface area (Å²) in [7, 11) is 0. The van der Waals surface area contributed by atoms with Gasteiger partial charge in [0.25, 0.3) is 0 Å². The molecule has 0 amide bonds. The van der Waals surface area contributed by atoms with Gasteiger partial charge in [0.15, 0.2) is 0 Å². The molecule has 1 unspecified atom stereocenters. The van der Waals surface area contributed by atoms with Crippen LogP contribution in [0.5, 0.6) is 0 Å². The molecule has 0 aromatic heterocycles. The van der Waals surface area contributed by atoms with Gasteiger partial charge in [0.1, 0.15) is 0 Å². The van der Waals surface area contributed by atoms with Gasteiger partial charge in [0.2, 0.25) is 0 Å². The van der Waals surface area contributed by atoms with Gasteiger partial charge >= 0.3 is 0 Å². The van der Waals surface area contributed by atoms with Crippen molar-refractivity contribution in [3.05, 3.63) is 0 Å². The van der Waals surface area contributed by atoms with Crippen LogP contribution in [0.25, 0.3) is 0 Å². The first kappa shape index (κ1) is 17.1. The monoisotopic (exact) mass is 255 g/mol. The van der Waals surface area contributed by atoms with E-state index in [2.05, 4.69) is 19.2 Å². The van der Waals surface area contributed by atoms with Crippen LogP contribution in [0.15, 0.2) is 0 Å². The van der Waals surface area contributed by atoms with E-state index in [1.807, 2.05) is 0 Å². The standard InChI is InChI=1S/C16H31S/c1-3-4-5-6-7-8-9-10-11-12-13-14-16(2)15-17/h16H,3-14H2,1-2H3. The molecule has 0 N–H and O–H groups in total. The second-order valence-corrected chi connectivity index (χ2v) is 5.58. The summed E-state index contributed by atoms with van der Waals surface area (Å²) in [5.41, 5.74) is 0. The van der Waals surface area contributed by atoms with E-state index in [1.165, 1.54) is 77.0 Å². The molecule has 0 rings (SSSR count). The predicted octanol–water partition coefficient (Wildman–Crippen LogP) is 6.20. The van der Waals surface area contributed by atoms with Crippen LogP contribution in [0.1, 0.15) is 90.9 Å². The summed E-state index contributed by atoms with van der Waals surface area (Å²) in [6.45, 7) is 4.45. The van der Waals surface area contributed by atoms with Crippen LogP contribution in [0, 0.1) is 5.92 Å². The van der Waals surface area contributed by atoms with E-state index < -0.39 is 0 Å². The van der Waals surface area contributed by atoms with Crippen LogP contribution in [-0.2, 0) is 0 Å². The average Bonchev–Trinajstić information content (AvgIpc) is 2.35. The van der Waals surface area contributed by atoms with Crippen LogP contribution in [-0.4, -0.2) is 5.37 Å². The molecule has 0 nitrogen and oxygen atoms in total. The number of hydrogen-bond acceptors (Lipinski definition) is 1. The Morgan fingerprint density at radius 1 is 0.765 bits per heavy atom. The number of thiocarbonyl (C=S) groups is 1. The van der Waals surface area contributed by atoms with Crippen LogP contribution >= 0.6 is 12.2 Å². The van der Waals surface area contributed by atoms with E-state index in [1.54, 1.807) is 0 Å². The second-order valence-electron chi connectivity index (χ2n) is 5.34. The normalized spacial score (nSPS) is 12.6. The lowest BCUT2D eigenvalue weighted by Crippen LogP contribution is -1.93. The lowest BCUT2D eigenvalue weighted by atomic mass is 10.0. The molecule has 101 valence electrons. The molecule has 0 heterocycles. The molecule has 1 atom stereocenters. The Morgan fingerprint density at radius 3 is 1.59 bits per heavy atom. The van der Waals surface area contributed by atoms with E-state index in [9.17, 15) is 0 Å². The topological polar surface area (TPSA) is 0 Å². The van der Waals surface area contributed by atoms with Crippen LogP contribution in [0.4, 0.5) is 0 Å². The third-order valence-electron chi connectivity index (χ3n) is 3.44. The molecule has 1 heteroatoms. The quantitative estimate of drug-likeness (QED) is 0.279. The molecule has 0 spiro atoms. The molecule has 0 aliphatic heterocycles. The Hall–Kier alpha value is 0.0900. The molecule has 17 heavy (non-hydrogen) atoms. The minimum absolute atomic E-state index is 0.517. The Morgan fingerprint density at radius 2 is 1.18 bits per heavy atom. The van der Waals surface area contributed by atoms with Crippen LogP contribution in [0.3, 0.4) is 0 Å². The summed E-state index contributed by atoms with van der Waals surface area (Å²) in [4.78, 5) is 0. The highest BCUT2D eigenvalue weighted by Gasteiger charge is 1.97. The second kappa shape index (κ2) is 14.2. The van der Waals surface area contributed by atoms with E-state index in [0.717, 1.165) is 0 Å². The zero-order chi connectivity index (χ0) is 12.8. The molecule has 0 aromatic rings. The van der Waals surface area contributed by atoms with Crippen molar-refractivity contribution in [2.45, 2.75) is 90.9 Å². The van der Waals surface area contributed by atoms with Gasteiger partial charge in [-0.2, -0.15) is 0 Å². The Bertz CT molecular complexity index is 154. The Labute approximate surface area is 115 Å². The molecule has 0 aliphatic carbocycles. The van der Waals surface area contributed by atoms with Crippen molar-refractivity contribution in [2.75, 3.05) is 0 Å². The fourth-order valence-electron chi connectivity index (χ4n) is 2.17. The molecular weight excluding hydrogens is 224 g/mol. The van der Waals surface area contributed by atoms with E-state index in [0.29, 0.717) is 5.92 Å². The van der Waals surface area contributed by atoms with E-state index in [-0.39, 0.29) is 0 Å². The maximum atomic E-state index is 4.80. The van der Waals surface area contributed by atoms with E-state index >= 15 is 0 Å². The fraction of sp³-hybridized carbons (Fsp3) is 0.938. The lowest BCUT2D eigenvalue weighted by Gasteiger charge is -2.04. The third-order valence-corrected chi connectivity index (χ3v) is 3.84. The van der Waals surface area contributed by atoms with Crippen molar-refractivity contribution in [1.29, 1.82) is 0 Å². The third kappa shape index (κ3) is 14.0. The molecule has 0 fully saturated rings. The zero-order valence-corrected chi connectivity index (χ0v) is 12.8. The molecule has 0 aromatic carbocycles. The highest BCUT2D eigenvalue weighted by Crippen LogP contribution is 2.13. The van der Waals surface area contributed by atoms with Crippen molar-refractivity contribution in [1.82, 2.24) is 0 Å². The fourth-order valence-corrected chi connectivity index (χ4v) is 2.29. The van der Waals surface area contributed by atoms with Crippen molar-refractivity contribution in [2.24, 2.45) is 5.92 Å². The van der Waals surface area contributed by atoms with Crippen LogP contribution in [0.2, 0.25) is 0 Å². The van der Waals surface area contributed by atoms with Crippen molar-refractivity contribution < 1.29 is 0 Å². The summed E-state index contributed by atoms with van der Waals surface area (Å²) in [6, 6.07) is 0. The molecule has 0 bridgehead atoms. The maximum absolute atomic E-state index is 4.80. The van der Waals surface area contributed by atoms with Crippen LogP contribution < -0.4 is 0 Å². The molecule has 0 saturated carbocycles. The first-order valence-corrected chi connectivity index (χ1v) is 8.09. The summed E-state index contributed by atoms with van der Waals surface area (Å²) in [5, 5.41) is 2.88. The zero-order valence-electron chi connectivity index (χ0n) is 12.0. The molecule has 0 aliphatic rings. The van der Waals surface area contributed by atoms with Gasteiger partial charge in [-0.3, -0.25) is 0 Å². The molecular formula is C16H31S. The van der Waals surface area contributed by atoms with Gasteiger partial charge in [-0.15, -0.1) is 0 Å².